The largest absolute Gasteiger partial charge is 0.357 e. The molecule has 1 aliphatic rings. The van der Waals surface area contributed by atoms with Crippen molar-refractivity contribution in [3.63, 3.8) is 0 Å². The third-order valence-corrected chi connectivity index (χ3v) is 4.21. The van der Waals surface area contributed by atoms with Crippen molar-refractivity contribution in [2.75, 3.05) is 5.88 Å². The third-order valence-electron chi connectivity index (χ3n) is 3.14. The number of hydrogen-bond acceptors (Lipinski definition) is 2. The molecule has 20 heavy (non-hydrogen) atoms. The van der Waals surface area contributed by atoms with Gasteiger partial charge in [0, 0.05) is 17.1 Å². The summed E-state index contributed by atoms with van der Waals surface area (Å²) in [6.45, 7) is 0.813. The van der Waals surface area contributed by atoms with Gasteiger partial charge in [-0.2, -0.15) is 0 Å². The zero-order valence-electron chi connectivity index (χ0n) is 10.7. The molecule has 0 radical (unpaired) electrons. The standard InChI is InChI=1S/C16H13ClFNS/c17-14-6-13(7-15(18)8-14)16-10-20-11-19(16)9-12-4-2-1-3-5-12/h1-8,10H,9,11H2. The Morgan fingerprint density at radius 1 is 1.15 bits per heavy atom. The fourth-order valence-electron chi connectivity index (χ4n) is 2.24. The molecule has 1 heterocycles. The van der Waals surface area contributed by atoms with Crippen molar-refractivity contribution in [2.24, 2.45) is 0 Å². The van der Waals surface area contributed by atoms with Gasteiger partial charge in [-0.25, -0.2) is 4.39 Å². The Bertz CT molecular complexity index is 622. The molecule has 0 bridgehead atoms. The van der Waals surface area contributed by atoms with E-state index in [2.05, 4.69) is 22.4 Å². The van der Waals surface area contributed by atoms with Crippen LogP contribution in [0.25, 0.3) is 5.70 Å². The molecule has 3 rings (SSSR count). The van der Waals surface area contributed by atoms with Crippen molar-refractivity contribution < 1.29 is 4.39 Å². The van der Waals surface area contributed by atoms with Crippen molar-refractivity contribution >= 4 is 29.1 Å². The van der Waals surface area contributed by atoms with E-state index in [1.807, 2.05) is 18.2 Å². The maximum atomic E-state index is 13.5. The van der Waals surface area contributed by atoms with Gasteiger partial charge in [0.2, 0.25) is 0 Å². The van der Waals surface area contributed by atoms with Crippen LogP contribution in [0.2, 0.25) is 5.02 Å². The van der Waals surface area contributed by atoms with Crippen LogP contribution in [0.1, 0.15) is 11.1 Å². The second kappa shape index (κ2) is 5.90. The lowest BCUT2D eigenvalue weighted by molar-refractivity contribution is 0.464. The second-order valence-corrected chi connectivity index (χ2v) is 5.90. The zero-order valence-corrected chi connectivity index (χ0v) is 12.3. The first-order valence-electron chi connectivity index (χ1n) is 6.29. The van der Waals surface area contributed by atoms with E-state index < -0.39 is 0 Å². The van der Waals surface area contributed by atoms with Crippen molar-refractivity contribution in [3.8, 4) is 0 Å². The molecule has 0 unspecified atom stereocenters. The number of benzene rings is 2. The highest BCUT2D eigenvalue weighted by Crippen LogP contribution is 2.33. The summed E-state index contributed by atoms with van der Waals surface area (Å²) in [4.78, 5) is 2.23. The summed E-state index contributed by atoms with van der Waals surface area (Å²) < 4.78 is 13.5. The zero-order chi connectivity index (χ0) is 13.9. The van der Waals surface area contributed by atoms with Gasteiger partial charge in [-0.15, -0.1) is 11.8 Å². The van der Waals surface area contributed by atoms with Gasteiger partial charge in [-0.05, 0) is 29.2 Å². The predicted octanol–water partition coefficient (Wildman–Crippen LogP) is 4.98. The highest BCUT2D eigenvalue weighted by Gasteiger charge is 2.18. The Hall–Kier alpha value is -1.45. The third kappa shape index (κ3) is 3.00. The van der Waals surface area contributed by atoms with E-state index in [9.17, 15) is 4.39 Å². The van der Waals surface area contributed by atoms with Gasteiger partial charge in [0.1, 0.15) is 5.82 Å². The highest BCUT2D eigenvalue weighted by atomic mass is 35.5. The molecule has 0 aromatic heterocycles. The van der Waals surface area contributed by atoms with Crippen LogP contribution in [0.4, 0.5) is 4.39 Å². The topological polar surface area (TPSA) is 3.24 Å². The van der Waals surface area contributed by atoms with E-state index in [-0.39, 0.29) is 5.82 Å². The summed E-state index contributed by atoms with van der Waals surface area (Å²) in [6.07, 6.45) is 0. The molecule has 0 spiro atoms. The molecule has 102 valence electrons. The maximum absolute atomic E-state index is 13.5. The lowest BCUT2D eigenvalue weighted by atomic mass is 10.1. The van der Waals surface area contributed by atoms with E-state index >= 15 is 0 Å². The van der Waals surface area contributed by atoms with Gasteiger partial charge in [-0.1, -0.05) is 41.9 Å². The van der Waals surface area contributed by atoms with Gasteiger partial charge < -0.3 is 4.90 Å². The Balaban J connectivity index is 1.85. The summed E-state index contributed by atoms with van der Waals surface area (Å²) in [6, 6.07) is 14.9. The number of rotatable bonds is 3. The van der Waals surface area contributed by atoms with Gasteiger partial charge in [0.25, 0.3) is 0 Å². The van der Waals surface area contributed by atoms with Gasteiger partial charge in [0.15, 0.2) is 0 Å². The smallest absolute Gasteiger partial charge is 0.125 e. The summed E-state index contributed by atoms with van der Waals surface area (Å²) >= 11 is 7.66. The predicted molar refractivity (Wildman–Crippen MR) is 83.8 cm³/mol. The molecule has 0 saturated carbocycles. The number of nitrogens with zero attached hydrogens (tertiary/aromatic N) is 1. The first kappa shape index (κ1) is 13.5. The molecule has 0 aliphatic carbocycles. The molecule has 0 N–H and O–H groups in total. The monoisotopic (exact) mass is 305 g/mol. The van der Waals surface area contributed by atoms with Crippen LogP contribution in [-0.2, 0) is 6.54 Å². The molecule has 4 heteroatoms. The van der Waals surface area contributed by atoms with E-state index in [1.165, 1.54) is 17.7 Å². The number of hydrogen-bond donors (Lipinski definition) is 0. The average Bonchev–Trinajstić information content (AvgIpc) is 2.87. The molecule has 2 aromatic rings. The van der Waals surface area contributed by atoms with E-state index in [0.717, 1.165) is 23.7 Å². The van der Waals surface area contributed by atoms with Crippen LogP contribution >= 0.6 is 23.4 Å². The van der Waals surface area contributed by atoms with Crippen LogP contribution in [-0.4, -0.2) is 10.8 Å². The van der Waals surface area contributed by atoms with Gasteiger partial charge in [-0.3, -0.25) is 0 Å². The molecule has 1 nitrogen and oxygen atoms in total. The quantitative estimate of drug-likeness (QED) is 0.786. The van der Waals surface area contributed by atoms with E-state index in [1.54, 1.807) is 17.8 Å². The molecule has 0 fully saturated rings. The van der Waals surface area contributed by atoms with Crippen molar-refractivity contribution in [2.45, 2.75) is 6.54 Å². The molecule has 1 aliphatic heterocycles. The van der Waals surface area contributed by atoms with Crippen LogP contribution in [0.3, 0.4) is 0 Å². The van der Waals surface area contributed by atoms with Crippen molar-refractivity contribution in [3.05, 3.63) is 75.9 Å². The lowest BCUT2D eigenvalue weighted by Crippen LogP contribution is -2.17. The molecule has 0 atom stereocenters. The molecule has 2 aromatic carbocycles. The van der Waals surface area contributed by atoms with Crippen LogP contribution < -0.4 is 0 Å². The summed E-state index contributed by atoms with van der Waals surface area (Å²) in [5.74, 6) is 0.572. The first-order valence-corrected chi connectivity index (χ1v) is 7.72. The summed E-state index contributed by atoms with van der Waals surface area (Å²) in [7, 11) is 0. The molecule has 0 amide bonds. The van der Waals surface area contributed by atoms with Crippen LogP contribution in [0, 0.1) is 5.82 Å². The summed E-state index contributed by atoms with van der Waals surface area (Å²) in [5, 5.41) is 2.49. The van der Waals surface area contributed by atoms with Crippen LogP contribution in [0.15, 0.2) is 53.9 Å². The van der Waals surface area contributed by atoms with E-state index in [0.29, 0.717) is 5.02 Å². The fourth-order valence-corrected chi connectivity index (χ4v) is 3.39. The summed E-state index contributed by atoms with van der Waals surface area (Å²) in [5.41, 5.74) is 3.10. The van der Waals surface area contributed by atoms with E-state index in [4.69, 9.17) is 11.6 Å². The lowest BCUT2D eigenvalue weighted by Gasteiger charge is -2.22. The van der Waals surface area contributed by atoms with Crippen molar-refractivity contribution in [1.82, 2.24) is 4.90 Å². The Kier molecular flexibility index (Phi) is 3.99. The van der Waals surface area contributed by atoms with Gasteiger partial charge in [0.05, 0.1) is 11.6 Å². The Labute approximate surface area is 127 Å². The fraction of sp³-hybridized carbons (Fsp3) is 0.125. The SMILES string of the molecule is Fc1cc(Cl)cc(C2=CSCN2Cc2ccccc2)c1. The van der Waals surface area contributed by atoms with Gasteiger partial charge >= 0.3 is 0 Å². The molecule has 0 saturated heterocycles. The van der Waals surface area contributed by atoms with Crippen LogP contribution in [0.5, 0.6) is 0 Å². The van der Waals surface area contributed by atoms with Crippen molar-refractivity contribution in [1.29, 1.82) is 0 Å². The Morgan fingerprint density at radius 3 is 2.70 bits per heavy atom. The highest BCUT2D eigenvalue weighted by molar-refractivity contribution is 8.02. The maximum Gasteiger partial charge on any atom is 0.125 e. The minimum absolute atomic E-state index is 0.301. The minimum Gasteiger partial charge on any atom is -0.357 e. The Morgan fingerprint density at radius 2 is 1.95 bits per heavy atom. The number of halogens is 2. The average molecular weight is 306 g/mol. The normalized spacial score (nSPS) is 14.5. The minimum atomic E-state index is -0.301. The number of thioether (sulfide) groups is 1. The molecular formula is C16H13ClFNS. The second-order valence-electron chi connectivity index (χ2n) is 4.64. The molecular weight excluding hydrogens is 293 g/mol. The first-order chi connectivity index (χ1) is 9.72.